The van der Waals surface area contributed by atoms with Crippen molar-refractivity contribution in [2.45, 2.75) is 189 Å². The van der Waals surface area contributed by atoms with Crippen molar-refractivity contribution in [3.05, 3.63) is 394 Å². The molecular formula is C103H102N2O22. The van der Waals surface area contributed by atoms with Crippen molar-refractivity contribution in [3.8, 4) is 0 Å². The third-order valence-corrected chi connectivity index (χ3v) is 23.7. The van der Waals surface area contributed by atoms with Gasteiger partial charge < -0.3 is 86.0 Å². The number of imide groups is 2. The molecule has 127 heavy (non-hydrogen) atoms. The van der Waals surface area contributed by atoms with E-state index in [9.17, 15) is 10.2 Å². The van der Waals surface area contributed by atoms with Gasteiger partial charge in [0.1, 0.15) is 91.4 Å². The Morgan fingerprint density at radius 1 is 0.260 bits per heavy atom. The zero-order chi connectivity index (χ0) is 86.8. The van der Waals surface area contributed by atoms with Gasteiger partial charge in [0.2, 0.25) is 0 Å². The zero-order valence-corrected chi connectivity index (χ0v) is 70.1. The van der Waals surface area contributed by atoms with Crippen LogP contribution in [0.25, 0.3) is 0 Å². The van der Waals surface area contributed by atoms with Crippen molar-refractivity contribution in [1.82, 2.24) is 9.80 Å². The Labute approximate surface area is 737 Å². The van der Waals surface area contributed by atoms with Gasteiger partial charge in [0.25, 0.3) is 23.6 Å². The molecular weight excluding hydrogens is 1620 g/mol. The fourth-order valence-electron chi connectivity index (χ4n) is 17.2. The van der Waals surface area contributed by atoms with E-state index < -0.39 is 160 Å². The minimum atomic E-state index is -1.91. The van der Waals surface area contributed by atoms with E-state index in [1.807, 2.05) is 280 Å². The van der Waals surface area contributed by atoms with Crippen LogP contribution in [0.5, 0.6) is 0 Å². The second-order valence-electron chi connectivity index (χ2n) is 32.2. The zero-order valence-electron chi connectivity index (χ0n) is 70.1. The van der Waals surface area contributed by atoms with Gasteiger partial charge in [0.15, 0.2) is 25.2 Å². The highest BCUT2D eigenvalue weighted by Gasteiger charge is 2.62. The second kappa shape index (κ2) is 42.7. The van der Waals surface area contributed by atoms with Crippen molar-refractivity contribution in [3.63, 3.8) is 0 Å². The molecule has 24 heteroatoms. The lowest BCUT2D eigenvalue weighted by atomic mass is 9.92. The Balaban J connectivity index is 0.826. The molecule has 4 amide bonds. The van der Waals surface area contributed by atoms with Crippen LogP contribution in [0.1, 0.15) is 98.4 Å². The summed E-state index contributed by atoms with van der Waals surface area (Å²) in [6, 6.07) is 94.8. The first-order valence-corrected chi connectivity index (χ1v) is 43.1. The lowest BCUT2D eigenvalue weighted by Crippen LogP contribution is -2.72. The van der Waals surface area contributed by atoms with Gasteiger partial charge in [-0.15, -0.1) is 0 Å². The molecule has 11 aromatic rings. The SMILES string of the molecule is C[C@@H]1O[C@@H](OC[C@H]2O[C@@H](OCc3ccccc3)[C@H](N3C(=O)c4ccccc4C3=O)[C@@H](OCc3ccccc3)[C@@H]2O[C@@H]2O[C@H](COCc3ccccc3)[C@@H](O[C@@H]3O[C@H](CO)[C@@H](OCc4ccccc4)[C@H](O)[C@@H]3OCc3ccccc3)[C@H](OCc3ccccc3)[C@H]2N2C(=O)c3ccccc3C2=O)[C@@H](OCc2ccccc2)[C@H](OCc2ccccc2)[C@@H]1OCc1ccccc1. The Kier molecular flexibility index (Phi) is 29.6. The van der Waals surface area contributed by atoms with Crippen LogP contribution in [0, 0.1) is 0 Å². The molecule has 0 saturated carbocycles. The van der Waals surface area contributed by atoms with Crippen molar-refractivity contribution < 1.29 is 105 Å². The minimum Gasteiger partial charge on any atom is -0.394 e. The molecule has 17 rings (SSSR count). The van der Waals surface area contributed by atoms with Gasteiger partial charge in [0.05, 0.1) is 108 Å². The number of benzene rings is 11. The van der Waals surface area contributed by atoms with Crippen molar-refractivity contribution in [2.75, 3.05) is 19.8 Å². The van der Waals surface area contributed by atoms with Crippen LogP contribution in [0.4, 0.5) is 0 Å². The summed E-state index contributed by atoms with van der Waals surface area (Å²) in [6.07, 6.45) is -24.7. The molecule has 4 saturated heterocycles. The molecule has 0 aromatic heterocycles. The number of carbonyl (C=O) groups excluding carboxylic acids is 4. The molecule has 24 nitrogen and oxygen atoms in total. The third-order valence-electron chi connectivity index (χ3n) is 23.7. The number of aliphatic hydroxyl groups excluding tert-OH is 2. The van der Waals surface area contributed by atoms with Crippen LogP contribution in [0.15, 0.2) is 322 Å². The lowest BCUT2D eigenvalue weighted by molar-refractivity contribution is -0.380. The molecule has 0 radical (unpaired) electrons. The summed E-state index contributed by atoms with van der Waals surface area (Å²) >= 11 is 0. The minimum absolute atomic E-state index is 0.0123. The molecule has 0 spiro atoms. The number of nitrogens with zero attached hydrogens (tertiary/aromatic N) is 2. The average molecular weight is 1720 g/mol. The van der Waals surface area contributed by atoms with Crippen molar-refractivity contribution in [1.29, 1.82) is 0 Å². The number of ether oxygens (including phenoxy) is 16. The molecule has 6 aliphatic heterocycles. The second-order valence-corrected chi connectivity index (χ2v) is 32.2. The number of amides is 4. The molecule has 20 atom stereocenters. The number of carbonyl (C=O) groups is 4. The first-order chi connectivity index (χ1) is 62.5. The van der Waals surface area contributed by atoms with Crippen LogP contribution in [0.2, 0.25) is 0 Å². The summed E-state index contributed by atoms with van der Waals surface area (Å²) in [5, 5.41) is 24.6. The predicted octanol–water partition coefficient (Wildman–Crippen LogP) is 13.9. The van der Waals surface area contributed by atoms with Gasteiger partial charge in [-0.1, -0.05) is 297 Å². The summed E-state index contributed by atoms with van der Waals surface area (Å²) < 4.78 is 116. The monoisotopic (exact) mass is 1720 g/mol. The van der Waals surface area contributed by atoms with E-state index in [2.05, 4.69) is 0 Å². The quantitative estimate of drug-likeness (QED) is 0.0341. The largest absolute Gasteiger partial charge is 0.394 e. The van der Waals surface area contributed by atoms with E-state index in [1.165, 1.54) is 0 Å². The van der Waals surface area contributed by atoms with E-state index in [0.717, 1.165) is 43.2 Å². The van der Waals surface area contributed by atoms with Crippen molar-refractivity contribution in [2.24, 2.45) is 0 Å². The van der Waals surface area contributed by atoms with Gasteiger partial charge in [-0.3, -0.25) is 29.0 Å². The van der Waals surface area contributed by atoms with Gasteiger partial charge in [0, 0.05) is 0 Å². The van der Waals surface area contributed by atoms with Crippen molar-refractivity contribution >= 4 is 23.6 Å². The molecule has 6 heterocycles. The van der Waals surface area contributed by atoms with Crippen LogP contribution in [-0.4, -0.2) is 186 Å². The molecule has 4 fully saturated rings. The van der Waals surface area contributed by atoms with Crippen LogP contribution >= 0.6 is 0 Å². The Morgan fingerprint density at radius 3 is 0.921 bits per heavy atom. The van der Waals surface area contributed by atoms with Gasteiger partial charge in [-0.05, 0) is 81.3 Å². The molecule has 6 aliphatic rings. The maximum atomic E-state index is 16.2. The number of hydrogen-bond acceptors (Lipinski definition) is 22. The maximum absolute atomic E-state index is 16.2. The normalized spacial score (nSPS) is 27.0. The highest BCUT2D eigenvalue weighted by Crippen LogP contribution is 2.44. The smallest absolute Gasteiger partial charge is 0.262 e. The molecule has 656 valence electrons. The van der Waals surface area contributed by atoms with Gasteiger partial charge in [-0.2, -0.15) is 0 Å². The topological polar surface area (TPSA) is 263 Å². The Bertz CT molecular complexity index is 5250. The Hall–Kier alpha value is -11.0. The fraction of sp³-hybridized carbons (Fsp3) is 0.320. The molecule has 0 bridgehead atoms. The lowest BCUT2D eigenvalue weighted by Gasteiger charge is -2.53. The first-order valence-electron chi connectivity index (χ1n) is 43.1. The van der Waals surface area contributed by atoms with E-state index >= 15 is 19.2 Å². The summed E-state index contributed by atoms with van der Waals surface area (Å²) in [4.78, 5) is 66.2. The molecule has 0 unspecified atom stereocenters. The van der Waals surface area contributed by atoms with E-state index in [0.29, 0.717) is 16.7 Å². The fourth-order valence-corrected chi connectivity index (χ4v) is 17.2. The summed E-state index contributed by atoms with van der Waals surface area (Å²) in [7, 11) is 0. The molecule has 11 aromatic carbocycles. The summed E-state index contributed by atoms with van der Waals surface area (Å²) in [6.45, 7) is 0.165. The highest BCUT2D eigenvalue weighted by atomic mass is 16.8. The van der Waals surface area contributed by atoms with Crippen LogP contribution in [-0.2, 0) is 135 Å². The Morgan fingerprint density at radius 2 is 0.543 bits per heavy atom. The summed E-state index contributed by atoms with van der Waals surface area (Å²) in [5.74, 6) is -2.93. The first kappa shape index (κ1) is 88.0. The number of hydrogen-bond donors (Lipinski definition) is 2. The third kappa shape index (κ3) is 21.1. The van der Waals surface area contributed by atoms with E-state index in [4.69, 9.17) is 75.8 Å². The van der Waals surface area contributed by atoms with Crippen LogP contribution < -0.4 is 0 Å². The number of fused-ring (bicyclic) bond motifs is 2. The standard InChI is InChI=1S/C103H102N2O22/c1-67-87(113-57-69-35-13-3-14-36-69)94(118-62-74-45-23-8-24-46-74)95(119-63-75-47-25-9-26-48-75)102(122-67)121-66-83-90(91(115-59-71-39-17-5-18-40-71)84(100(124-83)120-64-76-49-27-10-28-50-76)104-96(108)77-51-29-30-52-78(77)97(104)109)126-101-85(105-98(110)79-53-31-32-54-80(79)99(105)111)92(116-60-72-41-19-6-20-42-72)89(82(125-101)65-112-56-68-33-11-2-12-34-68)127-103-93(117-61-73-43-21-7-22-44-73)86(107)88(81(55-106)123-103)114-58-70-37-15-4-16-38-70/h2-54,67,81-95,100-103,106-107H,55-66H2,1H3/t67-,81+,82+,83+,84+,85+,86-,87+,88+,89+,90+,91+,92+,93-,94+,95-,100+,101-,102+,103-/m0/s1. The summed E-state index contributed by atoms with van der Waals surface area (Å²) in [5.41, 5.74) is 7.23. The van der Waals surface area contributed by atoms with Crippen LogP contribution in [0.3, 0.4) is 0 Å². The van der Waals surface area contributed by atoms with Gasteiger partial charge in [-0.25, -0.2) is 0 Å². The van der Waals surface area contributed by atoms with Gasteiger partial charge >= 0.3 is 0 Å². The predicted molar refractivity (Wildman–Crippen MR) is 463 cm³/mol. The number of aliphatic hydroxyl groups is 2. The number of rotatable bonds is 38. The van der Waals surface area contributed by atoms with E-state index in [-0.39, 0.29) is 88.3 Å². The maximum Gasteiger partial charge on any atom is 0.262 e. The molecule has 2 N–H and O–H groups in total. The van der Waals surface area contributed by atoms with E-state index in [1.54, 1.807) is 48.5 Å². The highest BCUT2D eigenvalue weighted by molar-refractivity contribution is 6.22. The molecule has 0 aliphatic carbocycles. The average Bonchev–Trinajstić information content (AvgIpc) is 1.67.